The summed E-state index contributed by atoms with van der Waals surface area (Å²) in [6.07, 6.45) is 5.25. The molecule has 35 heavy (non-hydrogen) atoms. The third-order valence-corrected chi connectivity index (χ3v) is 7.12. The minimum absolute atomic E-state index is 0.0204. The fraction of sp³-hybridized carbons (Fsp3) is 0.333. The lowest BCUT2D eigenvalue weighted by Crippen LogP contribution is -2.68. The van der Waals surface area contributed by atoms with Gasteiger partial charge < -0.3 is 15.3 Å². The zero-order valence-electron chi connectivity index (χ0n) is 19.3. The van der Waals surface area contributed by atoms with E-state index in [1.165, 1.54) is 0 Å². The quantitative estimate of drug-likeness (QED) is 0.580. The number of halogens is 2. The van der Waals surface area contributed by atoms with Crippen LogP contribution in [0.1, 0.15) is 24.3 Å². The molecule has 2 fully saturated rings. The maximum Gasteiger partial charge on any atom is 0.321 e. The highest BCUT2D eigenvalue weighted by molar-refractivity contribution is 5.89. The molecular formula is C27H28F2N4O2. The number of pyridine rings is 1. The summed E-state index contributed by atoms with van der Waals surface area (Å²) >= 11 is 0. The number of nitrogens with one attached hydrogen (secondary N) is 1. The van der Waals surface area contributed by atoms with Crippen LogP contribution in [0.2, 0.25) is 0 Å². The molecule has 1 aromatic heterocycles. The van der Waals surface area contributed by atoms with E-state index in [2.05, 4.69) is 39.5 Å². The van der Waals surface area contributed by atoms with Gasteiger partial charge in [0.2, 0.25) is 0 Å². The van der Waals surface area contributed by atoms with Crippen LogP contribution in [0.5, 0.6) is 0 Å². The van der Waals surface area contributed by atoms with Gasteiger partial charge in [-0.05, 0) is 54.3 Å². The zero-order valence-corrected chi connectivity index (χ0v) is 19.3. The normalized spacial score (nSPS) is 22.5. The number of urea groups is 1. The first-order valence-corrected chi connectivity index (χ1v) is 11.9. The monoisotopic (exact) mass is 478 g/mol. The number of amides is 2. The van der Waals surface area contributed by atoms with Crippen LogP contribution in [0.4, 0.5) is 19.3 Å². The number of carbonyl (C=O) groups excluding carboxylic acids is 1. The van der Waals surface area contributed by atoms with E-state index in [1.807, 2.05) is 18.3 Å². The molecule has 8 heteroatoms. The van der Waals surface area contributed by atoms with Gasteiger partial charge in [-0.3, -0.25) is 9.88 Å². The fourth-order valence-corrected chi connectivity index (χ4v) is 5.34. The Morgan fingerprint density at radius 2 is 1.86 bits per heavy atom. The fourth-order valence-electron chi connectivity index (χ4n) is 5.34. The van der Waals surface area contributed by atoms with E-state index in [0.717, 1.165) is 54.3 Å². The third-order valence-electron chi connectivity index (χ3n) is 7.12. The number of anilines is 1. The molecule has 2 amide bonds. The van der Waals surface area contributed by atoms with E-state index in [1.54, 1.807) is 11.1 Å². The van der Waals surface area contributed by atoms with Crippen molar-refractivity contribution < 1.29 is 18.7 Å². The van der Waals surface area contributed by atoms with Crippen molar-refractivity contribution in [1.29, 1.82) is 0 Å². The molecule has 0 bridgehead atoms. The van der Waals surface area contributed by atoms with Gasteiger partial charge in [0.25, 0.3) is 0 Å². The number of benzene rings is 2. The highest BCUT2D eigenvalue weighted by Gasteiger charge is 2.49. The Bertz CT molecular complexity index is 1180. The van der Waals surface area contributed by atoms with Crippen LogP contribution in [0.3, 0.4) is 0 Å². The van der Waals surface area contributed by atoms with E-state index in [4.69, 9.17) is 0 Å². The molecular weight excluding hydrogens is 450 g/mol. The van der Waals surface area contributed by atoms with Gasteiger partial charge in [-0.25, -0.2) is 13.6 Å². The molecule has 3 aromatic rings. The molecule has 0 spiro atoms. The van der Waals surface area contributed by atoms with Gasteiger partial charge in [0.15, 0.2) is 0 Å². The Hall–Kier alpha value is -3.36. The van der Waals surface area contributed by atoms with Crippen molar-refractivity contribution in [3.63, 3.8) is 0 Å². The van der Waals surface area contributed by atoms with Crippen LogP contribution >= 0.6 is 0 Å². The second-order valence-electron chi connectivity index (χ2n) is 9.15. The number of nitrogens with zero attached hydrogens (tertiary/aromatic N) is 3. The van der Waals surface area contributed by atoms with E-state index in [9.17, 15) is 18.7 Å². The summed E-state index contributed by atoms with van der Waals surface area (Å²) in [5.41, 5.74) is 3.04. The van der Waals surface area contributed by atoms with Gasteiger partial charge in [-0.15, -0.1) is 0 Å². The van der Waals surface area contributed by atoms with Crippen molar-refractivity contribution in [2.45, 2.75) is 30.8 Å². The molecule has 2 aliphatic rings. The summed E-state index contributed by atoms with van der Waals surface area (Å²) in [6, 6.07) is 14.8. The van der Waals surface area contributed by atoms with E-state index in [0.29, 0.717) is 13.1 Å². The predicted molar refractivity (Wildman–Crippen MR) is 130 cm³/mol. The van der Waals surface area contributed by atoms with E-state index >= 15 is 0 Å². The average molecular weight is 479 g/mol. The Kier molecular flexibility index (Phi) is 6.74. The van der Waals surface area contributed by atoms with Crippen molar-refractivity contribution in [3.05, 3.63) is 84.2 Å². The van der Waals surface area contributed by atoms with Gasteiger partial charge in [0.1, 0.15) is 11.6 Å². The van der Waals surface area contributed by atoms with Crippen molar-refractivity contribution in [2.24, 2.45) is 0 Å². The summed E-state index contributed by atoms with van der Waals surface area (Å²) < 4.78 is 27.7. The Labute approximate surface area is 203 Å². The van der Waals surface area contributed by atoms with E-state index < -0.39 is 17.7 Å². The SMILES string of the molecule is O=C(Nc1cc(F)ccc1F)N1CCCCN2[C@@H](CO)[C@H](c3ccc(-c4cccnc4)cc3)[C@@H]2C1. The minimum Gasteiger partial charge on any atom is -0.395 e. The highest BCUT2D eigenvalue weighted by atomic mass is 19.1. The van der Waals surface area contributed by atoms with Crippen molar-refractivity contribution >= 4 is 11.7 Å². The highest BCUT2D eigenvalue weighted by Crippen LogP contribution is 2.42. The van der Waals surface area contributed by atoms with Crippen LogP contribution in [-0.4, -0.2) is 64.2 Å². The third kappa shape index (κ3) is 4.76. The molecule has 2 N–H and O–H groups in total. The van der Waals surface area contributed by atoms with Gasteiger partial charge >= 0.3 is 6.03 Å². The predicted octanol–water partition coefficient (Wildman–Crippen LogP) is 4.48. The number of fused-ring (bicyclic) bond motifs is 1. The second kappa shape index (κ2) is 10.1. The number of aliphatic hydroxyl groups excluding tert-OH is 1. The lowest BCUT2D eigenvalue weighted by atomic mass is 9.74. The van der Waals surface area contributed by atoms with Crippen LogP contribution in [0.25, 0.3) is 11.1 Å². The topological polar surface area (TPSA) is 68.7 Å². The first-order valence-electron chi connectivity index (χ1n) is 11.9. The average Bonchev–Trinajstić information content (AvgIpc) is 2.86. The molecule has 0 radical (unpaired) electrons. The van der Waals surface area contributed by atoms with Gasteiger partial charge in [-0.2, -0.15) is 0 Å². The Morgan fingerprint density at radius 1 is 1.06 bits per heavy atom. The molecule has 3 heterocycles. The first-order chi connectivity index (χ1) is 17.0. The number of aliphatic hydroxyl groups is 1. The summed E-state index contributed by atoms with van der Waals surface area (Å²) in [5.74, 6) is -1.23. The maximum absolute atomic E-state index is 14.1. The molecule has 0 aliphatic carbocycles. The van der Waals surface area contributed by atoms with Crippen LogP contribution in [-0.2, 0) is 0 Å². The first kappa shape index (κ1) is 23.4. The summed E-state index contributed by atoms with van der Waals surface area (Å²) in [7, 11) is 0. The van der Waals surface area contributed by atoms with Crippen molar-refractivity contribution in [2.75, 3.05) is 31.6 Å². The molecule has 182 valence electrons. The smallest absolute Gasteiger partial charge is 0.321 e. The molecule has 5 rings (SSSR count). The van der Waals surface area contributed by atoms with Crippen molar-refractivity contribution in [1.82, 2.24) is 14.8 Å². The van der Waals surface area contributed by atoms with Crippen LogP contribution in [0, 0.1) is 11.6 Å². The molecule has 2 aromatic carbocycles. The molecule has 2 saturated heterocycles. The lowest BCUT2D eigenvalue weighted by molar-refractivity contribution is -0.0585. The Morgan fingerprint density at radius 3 is 2.60 bits per heavy atom. The van der Waals surface area contributed by atoms with Crippen LogP contribution in [0.15, 0.2) is 67.0 Å². The summed E-state index contributed by atoms with van der Waals surface area (Å²) in [5, 5.41) is 12.7. The molecule has 0 unspecified atom stereocenters. The molecule has 0 saturated carbocycles. The lowest BCUT2D eigenvalue weighted by Gasteiger charge is -2.57. The standard InChI is InChI=1S/C27H28F2N4O2/c28-21-9-10-22(29)23(14-21)31-27(35)32-12-1-2-13-33-24(16-32)26(25(33)17-34)19-7-5-18(6-8-19)20-4-3-11-30-15-20/h3-11,14-15,24-26,34H,1-2,12-13,16-17H2,(H,31,35)/t24-,25-,26+/m0/s1. The van der Waals surface area contributed by atoms with Gasteiger partial charge in [-0.1, -0.05) is 30.3 Å². The molecule has 3 atom stereocenters. The number of aromatic nitrogens is 1. The minimum atomic E-state index is -0.677. The molecule has 6 nitrogen and oxygen atoms in total. The van der Waals surface area contributed by atoms with Crippen molar-refractivity contribution in [3.8, 4) is 11.1 Å². The number of hydrogen-bond acceptors (Lipinski definition) is 4. The summed E-state index contributed by atoms with van der Waals surface area (Å²) in [6.45, 7) is 1.86. The van der Waals surface area contributed by atoms with Gasteiger partial charge in [0, 0.05) is 49.6 Å². The number of carbonyl (C=O) groups is 1. The number of hydrogen-bond donors (Lipinski definition) is 2. The number of rotatable bonds is 4. The van der Waals surface area contributed by atoms with Gasteiger partial charge in [0.05, 0.1) is 12.3 Å². The van der Waals surface area contributed by atoms with Crippen LogP contribution < -0.4 is 5.32 Å². The maximum atomic E-state index is 14.1. The Balaban J connectivity index is 1.35. The van der Waals surface area contributed by atoms with E-state index in [-0.39, 0.29) is 30.3 Å². The largest absolute Gasteiger partial charge is 0.395 e. The zero-order chi connectivity index (χ0) is 24.4. The molecule has 2 aliphatic heterocycles. The summed E-state index contributed by atoms with van der Waals surface area (Å²) in [4.78, 5) is 21.1. The second-order valence-corrected chi connectivity index (χ2v) is 9.15.